The second-order valence-corrected chi connectivity index (χ2v) is 7.17. The van der Waals surface area contributed by atoms with Crippen LogP contribution in [0.25, 0.3) is 5.52 Å². The summed E-state index contributed by atoms with van der Waals surface area (Å²) in [7, 11) is 0. The quantitative estimate of drug-likeness (QED) is 0.873. The molecule has 21 heavy (non-hydrogen) atoms. The maximum absolute atomic E-state index is 4.72. The maximum atomic E-state index is 4.72. The highest BCUT2D eigenvalue weighted by molar-refractivity contribution is 5.70. The van der Waals surface area contributed by atoms with Crippen molar-refractivity contribution in [3.8, 4) is 0 Å². The Balaban J connectivity index is 2.08. The molecular formula is C16H25N5. The highest BCUT2D eigenvalue weighted by Crippen LogP contribution is 2.27. The summed E-state index contributed by atoms with van der Waals surface area (Å²) < 4.78 is 1.96. The van der Waals surface area contributed by atoms with Gasteiger partial charge in [-0.25, -0.2) is 9.50 Å². The highest BCUT2D eigenvalue weighted by Gasteiger charge is 2.26. The Kier molecular flexibility index (Phi) is 3.40. The van der Waals surface area contributed by atoms with Crippen LogP contribution in [0.4, 0.5) is 5.82 Å². The van der Waals surface area contributed by atoms with E-state index in [0.717, 1.165) is 30.1 Å². The van der Waals surface area contributed by atoms with E-state index in [1.807, 2.05) is 16.9 Å². The average molecular weight is 287 g/mol. The summed E-state index contributed by atoms with van der Waals surface area (Å²) in [5.41, 5.74) is 2.25. The Morgan fingerprint density at radius 1 is 1.29 bits per heavy atom. The van der Waals surface area contributed by atoms with Crippen molar-refractivity contribution in [3.05, 3.63) is 24.2 Å². The first-order valence-corrected chi connectivity index (χ1v) is 7.71. The van der Waals surface area contributed by atoms with Crippen LogP contribution < -0.4 is 10.2 Å². The molecule has 0 aromatic carbocycles. The van der Waals surface area contributed by atoms with E-state index in [-0.39, 0.29) is 5.41 Å². The number of nitrogens with zero attached hydrogens (tertiary/aromatic N) is 4. The molecule has 2 unspecified atom stereocenters. The van der Waals surface area contributed by atoms with Gasteiger partial charge in [-0.3, -0.25) is 0 Å². The molecular weight excluding hydrogens is 262 g/mol. The van der Waals surface area contributed by atoms with Gasteiger partial charge in [-0.1, -0.05) is 20.8 Å². The summed E-state index contributed by atoms with van der Waals surface area (Å²) in [5, 5.41) is 8.24. The van der Waals surface area contributed by atoms with Gasteiger partial charge in [-0.05, 0) is 19.9 Å². The lowest BCUT2D eigenvalue weighted by Crippen LogP contribution is -2.54. The molecule has 2 aromatic rings. The van der Waals surface area contributed by atoms with Crippen LogP contribution in [0.3, 0.4) is 0 Å². The zero-order chi connectivity index (χ0) is 15.2. The standard InChI is InChI=1S/C16H25N5/c1-11-10-20(12(2)9-18-11)15-13-8-14(16(3,4)5)19-21(13)7-6-17-15/h6-8,11-12,18H,9-10H2,1-5H3. The molecule has 1 aliphatic rings. The molecule has 0 saturated carbocycles. The Morgan fingerprint density at radius 3 is 2.76 bits per heavy atom. The van der Waals surface area contributed by atoms with Crippen LogP contribution in [0, 0.1) is 0 Å². The average Bonchev–Trinajstić information content (AvgIpc) is 2.85. The first-order valence-electron chi connectivity index (χ1n) is 7.71. The minimum atomic E-state index is 0.0473. The van der Waals surface area contributed by atoms with Crippen molar-refractivity contribution in [1.82, 2.24) is 19.9 Å². The van der Waals surface area contributed by atoms with Crippen molar-refractivity contribution in [1.29, 1.82) is 0 Å². The summed E-state index contributed by atoms with van der Waals surface area (Å²) in [6, 6.07) is 3.10. The fraction of sp³-hybridized carbons (Fsp3) is 0.625. The van der Waals surface area contributed by atoms with E-state index in [2.05, 4.69) is 55.9 Å². The first kappa shape index (κ1) is 14.3. The second-order valence-electron chi connectivity index (χ2n) is 7.17. The fourth-order valence-electron chi connectivity index (χ4n) is 2.81. The Labute approximate surface area is 126 Å². The molecule has 3 heterocycles. The van der Waals surface area contributed by atoms with Gasteiger partial charge >= 0.3 is 0 Å². The molecule has 1 fully saturated rings. The van der Waals surface area contributed by atoms with Gasteiger partial charge in [0.05, 0.1) is 5.69 Å². The molecule has 0 bridgehead atoms. The van der Waals surface area contributed by atoms with Gasteiger partial charge < -0.3 is 10.2 Å². The predicted octanol–water partition coefficient (Wildman–Crippen LogP) is 2.21. The molecule has 1 N–H and O–H groups in total. The molecule has 1 saturated heterocycles. The van der Waals surface area contributed by atoms with E-state index in [4.69, 9.17) is 5.10 Å². The molecule has 2 aromatic heterocycles. The number of rotatable bonds is 1. The van der Waals surface area contributed by atoms with Gasteiger partial charge in [0.25, 0.3) is 0 Å². The first-order chi connectivity index (χ1) is 9.86. The summed E-state index contributed by atoms with van der Waals surface area (Å²) in [6.07, 6.45) is 3.78. The summed E-state index contributed by atoms with van der Waals surface area (Å²) in [6.45, 7) is 13.0. The zero-order valence-electron chi connectivity index (χ0n) is 13.6. The molecule has 0 aliphatic carbocycles. The molecule has 0 amide bonds. The van der Waals surface area contributed by atoms with Crippen LogP contribution in [0.2, 0.25) is 0 Å². The van der Waals surface area contributed by atoms with E-state index in [0.29, 0.717) is 12.1 Å². The predicted molar refractivity (Wildman–Crippen MR) is 86.0 cm³/mol. The summed E-state index contributed by atoms with van der Waals surface area (Å²) >= 11 is 0. The van der Waals surface area contributed by atoms with E-state index in [1.54, 1.807) is 0 Å². The second kappa shape index (κ2) is 4.98. The van der Waals surface area contributed by atoms with Crippen LogP contribution in [-0.4, -0.2) is 39.8 Å². The van der Waals surface area contributed by atoms with Crippen LogP contribution in [0.1, 0.15) is 40.3 Å². The Bertz CT molecular complexity index is 640. The van der Waals surface area contributed by atoms with Crippen molar-refractivity contribution >= 4 is 11.3 Å². The molecule has 5 nitrogen and oxygen atoms in total. The normalized spacial score (nSPS) is 23.8. The number of fused-ring (bicyclic) bond motifs is 1. The summed E-state index contributed by atoms with van der Waals surface area (Å²) in [5.74, 6) is 1.04. The fourth-order valence-corrected chi connectivity index (χ4v) is 2.81. The smallest absolute Gasteiger partial charge is 0.155 e. The lowest BCUT2D eigenvalue weighted by Gasteiger charge is -2.38. The summed E-state index contributed by atoms with van der Waals surface area (Å²) in [4.78, 5) is 7.04. The lowest BCUT2D eigenvalue weighted by molar-refractivity contribution is 0.423. The number of hydrogen-bond acceptors (Lipinski definition) is 4. The number of nitrogens with one attached hydrogen (secondary N) is 1. The molecule has 0 spiro atoms. The van der Waals surface area contributed by atoms with E-state index < -0.39 is 0 Å². The van der Waals surface area contributed by atoms with Crippen molar-refractivity contribution in [2.24, 2.45) is 0 Å². The topological polar surface area (TPSA) is 45.5 Å². The SMILES string of the molecule is CC1CN(c2nccn3nc(C(C)(C)C)cc23)C(C)CN1. The minimum absolute atomic E-state index is 0.0473. The van der Waals surface area contributed by atoms with Crippen LogP contribution >= 0.6 is 0 Å². The van der Waals surface area contributed by atoms with Crippen LogP contribution in [-0.2, 0) is 5.41 Å². The molecule has 5 heteroatoms. The van der Waals surface area contributed by atoms with Gasteiger partial charge in [0.15, 0.2) is 5.82 Å². The van der Waals surface area contributed by atoms with Crippen molar-refractivity contribution in [3.63, 3.8) is 0 Å². The number of piperazine rings is 1. The number of aromatic nitrogens is 3. The van der Waals surface area contributed by atoms with Crippen molar-refractivity contribution in [2.75, 3.05) is 18.0 Å². The zero-order valence-corrected chi connectivity index (χ0v) is 13.6. The third-order valence-corrected chi connectivity index (χ3v) is 4.17. The largest absolute Gasteiger partial charge is 0.349 e. The van der Waals surface area contributed by atoms with Crippen LogP contribution in [0.5, 0.6) is 0 Å². The molecule has 3 rings (SSSR count). The highest BCUT2D eigenvalue weighted by atomic mass is 15.3. The molecule has 2 atom stereocenters. The van der Waals surface area contributed by atoms with Crippen molar-refractivity contribution < 1.29 is 0 Å². The number of anilines is 1. The molecule has 1 aliphatic heterocycles. The van der Waals surface area contributed by atoms with Crippen molar-refractivity contribution in [2.45, 2.75) is 52.1 Å². The third kappa shape index (κ3) is 2.62. The molecule has 0 radical (unpaired) electrons. The monoisotopic (exact) mass is 287 g/mol. The van der Waals surface area contributed by atoms with Gasteiger partial charge in [0.2, 0.25) is 0 Å². The number of hydrogen-bond donors (Lipinski definition) is 1. The lowest BCUT2D eigenvalue weighted by atomic mass is 9.92. The van der Waals surface area contributed by atoms with Gasteiger partial charge in [-0.2, -0.15) is 5.10 Å². The molecule has 114 valence electrons. The Hall–Kier alpha value is -1.62. The Morgan fingerprint density at radius 2 is 2.05 bits per heavy atom. The maximum Gasteiger partial charge on any atom is 0.155 e. The van der Waals surface area contributed by atoms with E-state index in [9.17, 15) is 0 Å². The van der Waals surface area contributed by atoms with E-state index >= 15 is 0 Å². The third-order valence-electron chi connectivity index (χ3n) is 4.17. The minimum Gasteiger partial charge on any atom is -0.349 e. The van der Waals surface area contributed by atoms with Gasteiger partial charge in [0, 0.05) is 43.0 Å². The van der Waals surface area contributed by atoms with Gasteiger partial charge in [0.1, 0.15) is 5.52 Å². The van der Waals surface area contributed by atoms with E-state index in [1.165, 1.54) is 0 Å². The van der Waals surface area contributed by atoms with Gasteiger partial charge in [-0.15, -0.1) is 0 Å². The van der Waals surface area contributed by atoms with Crippen LogP contribution in [0.15, 0.2) is 18.5 Å².